The third-order valence-electron chi connectivity index (χ3n) is 3.56. The van der Waals surface area contributed by atoms with Crippen molar-refractivity contribution in [2.75, 3.05) is 11.9 Å². The molecule has 0 amide bonds. The summed E-state index contributed by atoms with van der Waals surface area (Å²) in [4.78, 5) is 19.0. The predicted molar refractivity (Wildman–Crippen MR) is 90.2 cm³/mol. The fourth-order valence-electron chi connectivity index (χ4n) is 2.41. The minimum absolute atomic E-state index is 0.0484. The highest BCUT2D eigenvalue weighted by Crippen LogP contribution is 2.31. The van der Waals surface area contributed by atoms with Crippen LogP contribution >= 0.6 is 0 Å². The number of alkyl halides is 3. The van der Waals surface area contributed by atoms with Crippen LogP contribution in [0.15, 0.2) is 48.7 Å². The zero-order chi connectivity index (χ0) is 18.7. The van der Waals surface area contributed by atoms with Crippen LogP contribution in [-0.2, 0) is 10.9 Å². The molecule has 2 aromatic carbocycles. The molecule has 0 radical (unpaired) electrons. The molecule has 0 spiro atoms. The van der Waals surface area contributed by atoms with Gasteiger partial charge in [-0.2, -0.15) is 13.2 Å². The first-order valence-electron chi connectivity index (χ1n) is 7.75. The molecule has 8 heteroatoms. The number of carbonyl (C=O) groups is 1. The summed E-state index contributed by atoms with van der Waals surface area (Å²) in [6, 6.07) is 12.9. The number of aromatic nitrogens is 2. The minimum atomic E-state index is -4.81. The first-order chi connectivity index (χ1) is 12.4. The Bertz CT molecular complexity index is 958. The fraction of sp³-hybridized carbons (Fsp3) is 0.167. The van der Waals surface area contributed by atoms with Crippen molar-refractivity contribution in [3.63, 3.8) is 0 Å². The van der Waals surface area contributed by atoms with Gasteiger partial charge in [0.2, 0.25) is 5.95 Å². The zero-order valence-electron chi connectivity index (χ0n) is 13.7. The summed E-state index contributed by atoms with van der Waals surface area (Å²) in [5.74, 6) is -1.38. The number of rotatable bonds is 4. The van der Waals surface area contributed by atoms with E-state index in [0.717, 1.165) is 17.0 Å². The van der Waals surface area contributed by atoms with Crippen molar-refractivity contribution in [1.29, 1.82) is 0 Å². The van der Waals surface area contributed by atoms with E-state index in [-0.39, 0.29) is 12.6 Å². The molecule has 0 aliphatic carbocycles. The molecular weight excluding hydrogens is 347 g/mol. The van der Waals surface area contributed by atoms with E-state index >= 15 is 0 Å². The summed E-state index contributed by atoms with van der Waals surface area (Å²) in [7, 11) is 0. The maximum absolute atomic E-state index is 13.3. The number of carbonyl (C=O) groups excluding carboxylic acids is 1. The molecule has 1 aromatic heterocycles. The molecule has 3 rings (SSSR count). The minimum Gasteiger partial charge on any atom is -0.462 e. The molecule has 0 atom stereocenters. The first kappa shape index (κ1) is 17.7. The van der Waals surface area contributed by atoms with Gasteiger partial charge >= 0.3 is 12.1 Å². The van der Waals surface area contributed by atoms with E-state index in [1.807, 2.05) is 30.3 Å². The second kappa shape index (κ2) is 6.99. The fourth-order valence-corrected chi connectivity index (χ4v) is 2.41. The highest BCUT2D eigenvalue weighted by Gasteiger charge is 2.38. The van der Waals surface area contributed by atoms with Crippen LogP contribution in [0.2, 0.25) is 0 Å². The molecule has 1 N–H and O–H groups in total. The Morgan fingerprint density at radius 2 is 1.88 bits per heavy atom. The van der Waals surface area contributed by atoms with Gasteiger partial charge in [-0.3, -0.25) is 0 Å². The zero-order valence-corrected chi connectivity index (χ0v) is 13.7. The van der Waals surface area contributed by atoms with Gasteiger partial charge in [0.05, 0.1) is 6.61 Å². The average molecular weight is 361 g/mol. The number of ether oxygens (including phenoxy) is 1. The summed E-state index contributed by atoms with van der Waals surface area (Å²) in [6.07, 6.45) is -4.00. The molecule has 0 fully saturated rings. The van der Waals surface area contributed by atoms with Crippen molar-refractivity contribution in [2.45, 2.75) is 13.1 Å². The van der Waals surface area contributed by atoms with Crippen LogP contribution in [0.4, 0.5) is 24.8 Å². The topological polar surface area (TPSA) is 64.1 Å². The Labute approximate surface area is 146 Å². The average Bonchev–Trinajstić information content (AvgIpc) is 2.61. The van der Waals surface area contributed by atoms with E-state index in [2.05, 4.69) is 20.0 Å². The van der Waals surface area contributed by atoms with Crippen molar-refractivity contribution in [1.82, 2.24) is 9.97 Å². The van der Waals surface area contributed by atoms with Crippen LogP contribution in [0.25, 0.3) is 10.8 Å². The van der Waals surface area contributed by atoms with E-state index in [1.54, 1.807) is 12.1 Å². The Kier molecular flexibility index (Phi) is 4.75. The summed E-state index contributed by atoms with van der Waals surface area (Å²) in [6.45, 7) is 1.45. The number of hydrogen-bond donors (Lipinski definition) is 1. The highest BCUT2D eigenvalue weighted by molar-refractivity contribution is 5.90. The van der Waals surface area contributed by atoms with Gasteiger partial charge < -0.3 is 10.1 Å². The lowest BCUT2D eigenvalue weighted by Gasteiger charge is -2.13. The number of halogens is 3. The van der Waals surface area contributed by atoms with Crippen molar-refractivity contribution >= 4 is 28.4 Å². The van der Waals surface area contributed by atoms with Crippen molar-refractivity contribution in [2.24, 2.45) is 0 Å². The van der Waals surface area contributed by atoms with E-state index in [1.165, 1.54) is 6.92 Å². The Balaban J connectivity index is 1.95. The van der Waals surface area contributed by atoms with Crippen LogP contribution in [0.1, 0.15) is 23.0 Å². The number of hydrogen-bond acceptors (Lipinski definition) is 5. The smallest absolute Gasteiger partial charge is 0.434 e. The molecule has 0 aliphatic heterocycles. The summed E-state index contributed by atoms with van der Waals surface area (Å²) in [5.41, 5.74) is -1.53. The van der Waals surface area contributed by atoms with Crippen LogP contribution in [0.3, 0.4) is 0 Å². The molecule has 0 aliphatic rings. The number of benzene rings is 2. The molecular formula is C18H14F3N3O2. The molecule has 3 aromatic rings. The van der Waals surface area contributed by atoms with E-state index in [0.29, 0.717) is 5.69 Å². The highest BCUT2D eigenvalue weighted by atomic mass is 19.4. The van der Waals surface area contributed by atoms with E-state index < -0.39 is 23.4 Å². The summed E-state index contributed by atoms with van der Waals surface area (Å²) < 4.78 is 44.4. The van der Waals surface area contributed by atoms with Gasteiger partial charge in [-0.25, -0.2) is 14.8 Å². The van der Waals surface area contributed by atoms with E-state index in [9.17, 15) is 18.0 Å². The van der Waals surface area contributed by atoms with Crippen LogP contribution < -0.4 is 5.32 Å². The van der Waals surface area contributed by atoms with Crippen LogP contribution in [-0.4, -0.2) is 22.5 Å². The van der Waals surface area contributed by atoms with Crippen molar-refractivity contribution < 1.29 is 22.7 Å². The van der Waals surface area contributed by atoms with Crippen LogP contribution in [0.5, 0.6) is 0 Å². The van der Waals surface area contributed by atoms with Crippen molar-refractivity contribution in [3.8, 4) is 0 Å². The Morgan fingerprint density at radius 1 is 1.15 bits per heavy atom. The number of anilines is 2. The number of esters is 1. The summed E-state index contributed by atoms with van der Waals surface area (Å²) in [5, 5.41) is 4.64. The first-order valence-corrected chi connectivity index (χ1v) is 7.75. The van der Waals surface area contributed by atoms with Gasteiger partial charge in [-0.05, 0) is 29.8 Å². The maximum atomic E-state index is 13.3. The monoisotopic (exact) mass is 361 g/mol. The van der Waals surface area contributed by atoms with Gasteiger partial charge in [-0.15, -0.1) is 0 Å². The lowest BCUT2D eigenvalue weighted by Crippen LogP contribution is -2.19. The third kappa shape index (κ3) is 3.74. The van der Waals surface area contributed by atoms with E-state index in [4.69, 9.17) is 0 Å². The molecule has 0 saturated heterocycles. The normalized spacial score (nSPS) is 11.4. The lowest BCUT2D eigenvalue weighted by molar-refractivity contribution is -0.141. The van der Waals surface area contributed by atoms with Gasteiger partial charge in [0.1, 0.15) is 5.56 Å². The second-order valence-corrected chi connectivity index (χ2v) is 5.36. The van der Waals surface area contributed by atoms with Crippen LogP contribution in [0, 0.1) is 0 Å². The second-order valence-electron chi connectivity index (χ2n) is 5.36. The van der Waals surface area contributed by atoms with Gasteiger partial charge in [0.25, 0.3) is 0 Å². The van der Waals surface area contributed by atoms with Gasteiger partial charge in [-0.1, -0.05) is 30.3 Å². The molecule has 0 saturated carbocycles. The molecule has 26 heavy (non-hydrogen) atoms. The number of nitrogens with zero attached hydrogens (tertiary/aromatic N) is 2. The van der Waals surface area contributed by atoms with Crippen molar-refractivity contribution in [3.05, 3.63) is 59.9 Å². The number of nitrogens with one attached hydrogen (secondary N) is 1. The summed E-state index contributed by atoms with van der Waals surface area (Å²) >= 11 is 0. The van der Waals surface area contributed by atoms with Gasteiger partial charge in [0, 0.05) is 11.9 Å². The molecule has 0 unspecified atom stereocenters. The predicted octanol–water partition coefficient (Wildman–Crippen LogP) is 4.57. The SMILES string of the molecule is CCOC(=O)c1cnc(Nc2ccc3ccccc3c2)nc1C(F)(F)F. The van der Waals surface area contributed by atoms with Gasteiger partial charge in [0.15, 0.2) is 5.69 Å². The molecule has 0 bridgehead atoms. The largest absolute Gasteiger partial charge is 0.462 e. The quantitative estimate of drug-likeness (QED) is 0.690. The maximum Gasteiger partial charge on any atom is 0.434 e. The Morgan fingerprint density at radius 3 is 2.58 bits per heavy atom. The standard InChI is InChI=1S/C18H14F3N3O2/c1-2-26-16(25)14-10-22-17(24-15(14)18(19,20)21)23-13-8-7-11-5-3-4-6-12(11)9-13/h3-10H,2H2,1H3,(H,22,23,24). The Hall–Kier alpha value is -3.16. The lowest BCUT2D eigenvalue weighted by atomic mass is 10.1. The number of fused-ring (bicyclic) bond motifs is 1. The molecule has 134 valence electrons. The molecule has 5 nitrogen and oxygen atoms in total. The third-order valence-corrected chi connectivity index (χ3v) is 3.56. The molecule has 1 heterocycles.